The van der Waals surface area contributed by atoms with E-state index in [1.54, 1.807) is 21.3 Å². The Labute approximate surface area is 156 Å². The topological polar surface area (TPSA) is 54.9 Å². The lowest BCUT2D eigenvalue weighted by Crippen LogP contribution is -2.44. The molecule has 0 aliphatic heterocycles. The van der Waals surface area contributed by atoms with Crippen molar-refractivity contribution in [3.8, 4) is 11.5 Å². The second-order valence-corrected chi connectivity index (χ2v) is 6.30. The van der Waals surface area contributed by atoms with Crippen LogP contribution in [-0.4, -0.2) is 39.8 Å². The van der Waals surface area contributed by atoms with E-state index >= 15 is 0 Å². The third-order valence-electron chi connectivity index (χ3n) is 4.00. The summed E-state index contributed by atoms with van der Waals surface area (Å²) in [4.78, 5) is 4.28. The van der Waals surface area contributed by atoms with E-state index in [9.17, 15) is 0 Å². The van der Waals surface area contributed by atoms with Gasteiger partial charge in [0.1, 0.15) is 0 Å². The number of aliphatic imine (C=N–C) groups is 1. The zero-order valence-corrected chi connectivity index (χ0v) is 16.9. The summed E-state index contributed by atoms with van der Waals surface area (Å²) in [5.41, 5.74) is 1.14. The molecule has 2 N–H and O–H groups in total. The fourth-order valence-electron chi connectivity index (χ4n) is 2.28. The van der Waals surface area contributed by atoms with Crippen LogP contribution in [0.5, 0.6) is 11.5 Å². The number of rotatable bonds is 6. The van der Waals surface area contributed by atoms with Crippen LogP contribution < -0.4 is 20.1 Å². The fourth-order valence-corrected chi connectivity index (χ4v) is 2.28. The minimum Gasteiger partial charge on any atom is -0.493 e. The van der Waals surface area contributed by atoms with Crippen LogP contribution in [0.2, 0.25) is 0 Å². The van der Waals surface area contributed by atoms with E-state index in [2.05, 4.69) is 35.5 Å². The number of methoxy groups -OCH3 is 2. The van der Waals surface area contributed by atoms with Crippen molar-refractivity contribution < 1.29 is 9.47 Å². The maximum absolute atomic E-state index is 5.40. The van der Waals surface area contributed by atoms with Crippen molar-refractivity contribution in [1.82, 2.24) is 10.6 Å². The van der Waals surface area contributed by atoms with Gasteiger partial charge in [-0.3, -0.25) is 4.99 Å². The summed E-state index contributed by atoms with van der Waals surface area (Å²) in [7, 11) is 5.12. The molecule has 130 valence electrons. The number of hydrogen-bond donors (Lipinski definition) is 2. The molecule has 0 saturated heterocycles. The van der Waals surface area contributed by atoms with Gasteiger partial charge in [0.2, 0.25) is 0 Å². The normalized spacial score (nSPS) is 14.7. The van der Waals surface area contributed by atoms with Crippen LogP contribution in [0, 0.1) is 0 Å². The molecule has 1 aliphatic rings. The summed E-state index contributed by atoms with van der Waals surface area (Å²) in [6.45, 7) is 5.19. The first-order valence-electron chi connectivity index (χ1n) is 7.70. The first kappa shape index (κ1) is 19.9. The van der Waals surface area contributed by atoms with Crippen LogP contribution in [0.25, 0.3) is 0 Å². The summed E-state index contributed by atoms with van der Waals surface area (Å²) in [5.74, 6) is 2.38. The summed E-state index contributed by atoms with van der Waals surface area (Å²) in [6, 6.07) is 6.67. The highest BCUT2D eigenvalue weighted by molar-refractivity contribution is 14.0. The average Bonchev–Trinajstić information content (AvgIpc) is 3.34. The molecule has 23 heavy (non-hydrogen) atoms. The Bertz CT molecular complexity index is 543. The van der Waals surface area contributed by atoms with Crippen LogP contribution in [0.3, 0.4) is 0 Å². The van der Waals surface area contributed by atoms with Crippen molar-refractivity contribution in [2.24, 2.45) is 4.99 Å². The van der Waals surface area contributed by atoms with Gasteiger partial charge in [-0.2, -0.15) is 0 Å². The zero-order valence-electron chi connectivity index (χ0n) is 14.6. The molecule has 0 amide bonds. The number of benzene rings is 1. The highest BCUT2D eigenvalue weighted by Crippen LogP contribution is 2.32. The van der Waals surface area contributed by atoms with Crippen molar-refractivity contribution >= 4 is 29.9 Å². The molecule has 1 aromatic rings. The number of halogens is 1. The Balaban J connectivity index is 0.00000264. The maximum Gasteiger partial charge on any atom is 0.191 e. The third kappa shape index (κ3) is 5.44. The van der Waals surface area contributed by atoms with E-state index in [4.69, 9.17) is 9.47 Å². The largest absolute Gasteiger partial charge is 0.493 e. The molecule has 5 nitrogen and oxygen atoms in total. The molecule has 6 heteroatoms. The monoisotopic (exact) mass is 433 g/mol. The molecule has 0 heterocycles. The fraction of sp³-hybridized carbons (Fsp3) is 0.588. The van der Waals surface area contributed by atoms with Gasteiger partial charge in [-0.15, -0.1) is 24.0 Å². The number of ether oxygens (including phenoxy) is 2. The zero-order chi connectivity index (χ0) is 16.2. The van der Waals surface area contributed by atoms with E-state index in [1.807, 2.05) is 12.1 Å². The minimum absolute atomic E-state index is 0. The third-order valence-corrected chi connectivity index (χ3v) is 4.00. The van der Waals surface area contributed by atoms with Gasteiger partial charge in [0.05, 0.1) is 14.2 Å². The van der Waals surface area contributed by atoms with E-state index in [0.29, 0.717) is 6.04 Å². The number of hydrogen-bond acceptors (Lipinski definition) is 3. The maximum atomic E-state index is 5.40. The van der Waals surface area contributed by atoms with Gasteiger partial charge in [-0.05, 0) is 30.5 Å². The van der Waals surface area contributed by atoms with Gasteiger partial charge in [0.15, 0.2) is 17.5 Å². The Morgan fingerprint density at radius 1 is 1.22 bits per heavy atom. The number of nitrogens with zero attached hydrogens (tertiary/aromatic N) is 1. The Kier molecular flexibility index (Phi) is 7.44. The van der Waals surface area contributed by atoms with E-state index in [0.717, 1.165) is 24.0 Å². The highest BCUT2D eigenvalue weighted by atomic mass is 127. The molecule has 1 aliphatic carbocycles. The molecular formula is C17H28IN3O2. The summed E-state index contributed by atoms with van der Waals surface area (Å²) in [5, 5.41) is 6.81. The van der Waals surface area contributed by atoms with Gasteiger partial charge in [-0.25, -0.2) is 0 Å². The summed E-state index contributed by atoms with van der Waals surface area (Å²) in [6.07, 6.45) is 2.47. The van der Waals surface area contributed by atoms with Crippen molar-refractivity contribution in [3.05, 3.63) is 23.8 Å². The molecule has 1 fully saturated rings. The Hall–Kier alpha value is -1.18. The van der Waals surface area contributed by atoms with Crippen LogP contribution in [0.4, 0.5) is 0 Å². The Morgan fingerprint density at radius 3 is 2.39 bits per heavy atom. The first-order chi connectivity index (χ1) is 10.5. The van der Waals surface area contributed by atoms with Crippen LogP contribution in [0.15, 0.2) is 23.2 Å². The van der Waals surface area contributed by atoms with Gasteiger partial charge >= 0.3 is 0 Å². The van der Waals surface area contributed by atoms with Crippen LogP contribution in [0.1, 0.15) is 32.3 Å². The quantitative estimate of drug-likeness (QED) is 0.412. The SMILES string of the molecule is CN=C(NCC(C)(C)c1ccc(OC)c(OC)c1)NC1CC1.I. The summed E-state index contributed by atoms with van der Waals surface area (Å²) < 4.78 is 10.7. The van der Waals surface area contributed by atoms with Crippen molar-refractivity contribution in [2.75, 3.05) is 27.8 Å². The van der Waals surface area contributed by atoms with Gasteiger partial charge < -0.3 is 20.1 Å². The lowest BCUT2D eigenvalue weighted by atomic mass is 9.84. The number of guanidine groups is 1. The number of nitrogens with one attached hydrogen (secondary N) is 2. The molecule has 1 aromatic carbocycles. The van der Waals surface area contributed by atoms with E-state index < -0.39 is 0 Å². The molecule has 2 rings (SSSR count). The van der Waals surface area contributed by atoms with E-state index in [-0.39, 0.29) is 29.4 Å². The standard InChI is InChI=1S/C17H27N3O2.HI/c1-17(2,11-19-16(18-3)20-13-7-8-13)12-6-9-14(21-4)15(10-12)22-5;/h6,9-10,13H,7-8,11H2,1-5H3,(H2,18,19,20);1H. The Morgan fingerprint density at radius 2 is 1.87 bits per heavy atom. The van der Waals surface area contributed by atoms with Gasteiger partial charge in [0, 0.05) is 25.0 Å². The van der Waals surface area contributed by atoms with Crippen LogP contribution in [-0.2, 0) is 5.41 Å². The van der Waals surface area contributed by atoms with E-state index in [1.165, 1.54) is 18.4 Å². The van der Waals surface area contributed by atoms with Gasteiger partial charge in [0.25, 0.3) is 0 Å². The minimum atomic E-state index is -0.0548. The smallest absolute Gasteiger partial charge is 0.191 e. The molecule has 0 radical (unpaired) electrons. The molecule has 0 atom stereocenters. The van der Waals surface area contributed by atoms with Crippen molar-refractivity contribution in [1.29, 1.82) is 0 Å². The predicted octanol–water partition coefficient (Wildman–Crippen LogP) is 2.93. The molecular weight excluding hydrogens is 405 g/mol. The second-order valence-electron chi connectivity index (χ2n) is 6.30. The molecule has 0 spiro atoms. The lowest BCUT2D eigenvalue weighted by molar-refractivity contribution is 0.353. The predicted molar refractivity (Wildman–Crippen MR) is 106 cm³/mol. The molecule has 0 bridgehead atoms. The molecule has 0 unspecified atom stereocenters. The second kappa shape index (κ2) is 8.61. The van der Waals surface area contributed by atoms with Gasteiger partial charge in [-0.1, -0.05) is 19.9 Å². The van der Waals surface area contributed by atoms with Crippen LogP contribution >= 0.6 is 24.0 Å². The lowest BCUT2D eigenvalue weighted by Gasteiger charge is -2.27. The summed E-state index contributed by atoms with van der Waals surface area (Å²) >= 11 is 0. The van der Waals surface area contributed by atoms with Crippen molar-refractivity contribution in [3.63, 3.8) is 0 Å². The average molecular weight is 433 g/mol. The highest BCUT2D eigenvalue weighted by Gasteiger charge is 2.25. The first-order valence-corrected chi connectivity index (χ1v) is 7.70. The van der Waals surface area contributed by atoms with Crippen molar-refractivity contribution in [2.45, 2.75) is 38.1 Å². The molecule has 0 aromatic heterocycles. The molecule has 1 saturated carbocycles.